The second-order valence-electron chi connectivity index (χ2n) is 4.35. The first kappa shape index (κ1) is 12.6. The summed E-state index contributed by atoms with van der Waals surface area (Å²) in [6, 6.07) is 8.58. The molecule has 1 unspecified atom stereocenters. The Morgan fingerprint density at radius 1 is 1.35 bits per heavy atom. The molecule has 0 N–H and O–H groups in total. The molecule has 0 aliphatic rings. The molecule has 0 aliphatic carbocycles. The van der Waals surface area contributed by atoms with Crippen LogP contribution in [0.15, 0.2) is 29.6 Å². The molecule has 0 saturated heterocycles. The zero-order valence-electron chi connectivity index (χ0n) is 10.1. The van der Waals surface area contributed by atoms with Gasteiger partial charge in [-0.2, -0.15) is 0 Å². The molecule has 0 spiro atoms. The zero-order valence-corrected chi connectivity index (χ0v) is 11.7. The predicted molar refractivity (Wildman–Crippen MR) is 75.2 cm³/mol. The molecule has 2 aromatic rings. The molecule has 3 heteroatoms. The minimum Gasteiger partial charge on any atom is -0.247 e. The number of hydrogen-bond acceptors (Lipinski definition) is 2. The molecule has 1 nitrogen and oxygen atoms in total. The smallest absolute Gasteiger partial charge is 0.0934 e. The summed E-state index contributed by atoms with van der Waals surface area (Å²) in [6.07, 6.45) is 0.936. The first-order chi connectivity index (χ1) is 8.19. The van der Waals surface area contributed by atoms with E-state index in [0.29, 0.717) is 11.8 Å². The average molecular weight is 266 g/mol. The van der Waals surface area contributed by atoms with Gasteiger partial charge in [0, 0.05) is 29.3 Å². The summed E-state index contributed by atoms with van der Waals surface area (Å²) in [7, 11) is 0. The molecule has 0 fully saturated rings. The largest absolute Gasteiger partial charge is 0.247 e. The van der Waals surface area contributed by atoms with Crippen LogP contribution in [-0.2, 0) is 6.42 Å². The Morgan fingerprint density at radius 3 is 2.76 bits per heavy atom. The Balaban J connectivity index is 2.16. The van der Waals surface area contributed by atoms with Crippen LogP contribution in [0.1, 0.15) is 27.7 Å². The van der Waals surface area contributed by atoms with Crippen molar-refractivity contribution < 1.29 is 0 Å². The fourth-order valence-corrected chi connectivity index (χ4v) is 3.03. The number of halogens is 1. The van der Waals surface area contributed by atoms with Crippen LogP contribution in [0, 0.1) is 13.8 Å². The third-order valence-corrected chi connectivity index (χ3v) is 4.15. The molecule has 1 heterocycles. The van der Waals surface area contributed by atoms with Gasteiger partial charge in [-0.1, -0.05) is 29.8 Å². The van der Waals surface area contributed by atoms with E-state index in [2.05, 4.69) is 41.6 Å². The Kier molecular flexibility index (Phi) is 4.19. The van der Waals surface area contributed by atoms with Crippen LogP contribution in [0.5, 0.6) is 0 Å². The third-order valence-electron chi connectivity index (χ3n) is 2.79. The van der Waals surface area contributed by atoms with Crippen LogP contribution in [0.2, 0.25) is 0 Å². The van der Waals surface area contributed by atoms with Crippen molar-refractivity contribution in [3.05, 3.63) is 51.5 Å². The fourth-order valence-electron chi connectivity index (χ4n) is 1.89. The SMILES string of the molecule is Cc1cccc(C(CCl)Cc2nc(C)cs2)c1. The van der Waals surface area contributed by atoms with Crippen molar-refractivity contribution in [1.29, 1.82) is 0 Å². The maximum absolute atomic E-state index is 6.09. The summed E-state index contributed by atoms with van der Waals surface area (Å²) in [6.45, 7) is 4.14. The van der Waals surface area contributed by atoms with Gasteiger partial charge in [-0.15, -0.1) is 22.9 Å². The van der Waals surface area contributed by atoms with E-state index in [4.69, 9.17) is 11.6 Å². The van der Waals surface area contributed by atoms with E-state index in [1.54, 1.807) is 11.3 Å². The lowest BCUT2D eigenvalue weighted by Crippen LogP contribution is -2.04. The molecule has 0 radical (unpaired) electrons. The topological polar surface area (TPSA) is 12.9 Å². The van der Waals surface area contributed by atoms with Crippen molar-refractivity contribution in [1.82, 2.24) is 4.98 Å². The van der Waals surface area contributed by atoms with Gasteiger partial charge in [0.1, 0.15) is 0 Å². The van der Waals surface area contributed by atoms with Crippen LogP contribution < -0.4 is 0 Å². The molecular formula is C14H16ClNS. The Morgan fingerprint density at radius 2 is 2.18 bits per heavy atom. The Bertz CT molecular complexity index is 492. The van der Waals surface area contributed by atoms with Crippen molar-refractivity contribution in [2.75, 3.05) is 5.88 Å². The van der Waals surface area contributed by atoms with Crippen LogP contribution in [0.4, 0.5) is 0 Å². The monoisotopic (exact) mass is 265 g/mol. The van der Waals surface area contributed by atoms with Gasteiger partial charge in [-0.05, 0) is 19.4 Å². The maximum atomic E-state index is 6.09. The quantitative estimate of drug-likeness (QED) is 0.750. The van der Waals surface area contributed by atoms with Gasteiger partial charge < -0.3 is 0 Å². The summed E-state index contributed by atoms with van der Waals surface area (Å²) in [4.78, 5) is 4.51. The van der Waals surface area contributed by atoms with E-state index in [1.165, 1.54) is 16.1 Å². The molecule has 0 bridgehead atoms. The lowest BCUT2D eigenvalue weighted by molar-refractivity contribution is 0.758. The lowest BCUT2D eigenvalue weighted by Gasteiger charge is -2.13. The lowest BCUT2D eigenvalue weighted by atomic mass is 9.96. The van der Waals surface area contributed by atoms with E-state index in [1.807, 2.05) is 6.92 Å². The second-order valence-corrected chi connectivity index (χ2v) is 5.60. The number of hydrogen-bond donors (Lipinski definition) is 0. The highest BCUT2D eigenvalue weighted by molar-refractivity contribution is 7.09. The Labute approximate surface area is 111 Å². The molecule has 1 aromatic carbocycles. The standard InChI is InChI=1S/C14H16ClNS/c1-10-4-3-5-12(6-10)13(8-15)7-14-16-11(2)9-17-14/h3-6,9,13H,7-8H2,1-2H3. The zero-order chi connectivity index (χ0) is 12.3. The minimum atomic E-state index is 0.363. The molecule has 2 rings (SSSR count). The van der Waals surface area contributed by atoms with Crippen LogP contribution >= 0.6 is 22.9 Å². The number of alkyl halides is 1. The average Bonchev–Trinajstić information content (AvgIpc) is 2.72. The minimum absolute atomic E-state index is 0.363. The van der Waals surface area contributed by atoms with Crippen LogP contribution in [0.25, 0.3) is 0 Å². The predicted octanol–water partition coefficient (Wildman–Crippen LogP) is 4.33. The summed E-state index contributed by atoms with van der Waals surface area (Å²) in [5.74, 6) is 1.00. The molecule has 0 saturated carbocycles. The first-order valence-corrected chi connectivity index (χ1v) is 7.14. The summed E-state index contributed by atoms with van der Waals surface area (Å²) in [5.41, 5.74) is 3.70. The summed E-state index contributed by atoms with van der Waals surface area (Å²) >= 11 is 7.81. The van der Waals surface area contributed by atoms with Crippen LogP contribution in [0.3, 0.4) is 0 Å². The highest BCUT2D eigenvalue weighted by atomic mass is 35.5. The second kappa shape index (κ2) is 5.65. The van der Waals surface area contributed by atoms with E-state index in [-0.39, 0.29) is 0 Å². The van der Waals surface area contributed by atoms with E-state index in [0.717, 1.165) is 12.1 Å². The van der Waals surface area contributed by atoms with Gasteiger partial charge in [-0.25, -0.2) is 4.98 Å². The van der Waals surface area contributed by atoms with Crippen molar-refractivity contribution in [3.8, 4) is 0 Å². The molecule has 0 aliphatic heterocycles. The molecule has 1 atom stereocenters. The molecule has 17 heavy (non-hydrogen) atoms. The van der Waals surface area contributed by atoms with E-state index >= 15 is 0 Å². The molecule has 0 amide bonds. The fraction of sp³-hybridized carbons (Fsp3) is 0.357. The third kappa shape index (κ3) is 3.30. The van der Waals surface area contributed by atoms with E-state index in [9.17, 15) is 0 Å². The molecule has 1 aromatic heterocycles. The first-order valence-electron chi connectivity index (χ1n) is 5.72. The van der Waals surface area contributed by atoms with Gasteiger partial charge in [0.05, 0.1) is 5.01 Å². The molecule has 90 valence electrons. The number of aromatic nitrogens is 1. The van der Waals surface area contributed by atoms with Crippen molar-refractivity contribution in [2.24, 2.45) is 0 Å². The summed E-state index contributed by atoms with van der Waals surface area (Å²) in [5, 5.41) is 3.27. The molecular weight excluding hydrogens is 250 g/mol. The number of nitrogens with zero attached hydrogens (tertiary/aromatic N) is 1. The van der Waals surface area contributed by atoms with E-state index < -0.39 is 0 Å². The number of rotatable bonds is 4. The Hall–Kier alpha value is -0.860. The summed E-state index contributed by atoms with van der Waals surface area (Å²) < 4.78 is 0. The highest BCUT2D eigenvalue weighted by Crippen LogP contribution is 2.24. The van der Waals surface area contributed by atoms with Crippen molar-refractivity contribution in [3.63, 3.8) is 0 Å². The highest BCUT2D eigenvalue weighted by Gasteiger charge is 2.13. The van der Waals surface area contributed by atoms with Gasteiger partial charge in [0.25, 0.3) is 0 Å². The number of thiazole rings is 1. The number of aryl methyl sites for hydroxylation is 2. The normalized spacial score (nSPS) is 12.6. The van der Waals surface area contributed by atoms with Crippen LogP contribution in [-0.4, -0.2) is 10.9 Å². The van der Waals surface area contributed by atoms with Gasteiger partial charge in [0.15, 0.2) is 0 Å². The maximum Gasteiger partial charge on any atom is 0.0934 e. The van der Waals surface area contributed by atoms with Crippen molar-refractivity contribution >= 4 is 22.9 Å². The van der Waals surface area contributed by atoms with Crippen molar-refractivity contribution in [2.45, 2.75) is 26.2 Å². The van der Waals surface area contributed by atoms with Gasteiger partial charge >= 0.3 is 0 Å². The van der Waals surface area contributed by atoms with Gasteiger partial charge in [0.2, 0.25) is 0 Å². The number of benzene rings is 1. The van der Waals surface area contributed by atoms with Gasteiger partial charge in [-0.3, -0.25) is 0 Å².